The minimum absolute atomic E-state index is 0.0481. The van der Waals surface area contributed by atoms with E-state index in [1.807, 2.05) is 6.08 Å². The third-order valence-electron chi connectivity index (χ3n) is 11.8. The molecule has 0 spiro atoms. The summed E-state index contributed by atoms with van der Waals surface area (Å²) in [6.07, 6.45) is -1.88. The van der Waals surface area contributed by atoms with Gasteiger partial charge in [-0.15, -0.1) is 0 Å². The van der Waals surface area contributed by atoms with Gasteiger partial charge in [-0.25, -0.2) is 4.98 Å². The first-order chi connectivity index (χ1) is 27.7. The minimum Gasteiger partial charge on any atom is -0.508 e. The van der Waals surface area contributed by atoms with Crippen molar-refractivity contribution in [3.8, 4) is 11.5 Å². The quantitative estimate of drug-likeness (QED) is 0.117. The van der Waals surface area contributed by atoms with E-state index in [1.54, 1.807) is 60.7 Å². The number of likely N-dealkylation sites (tertiary alicyclic amines) is 1. The van der Waals surface area contributed by atoms with Gasteiger partial charge in [-0.3, -0.25) is 29.5 Å². The van der Waals surface area contributed by atoms with Crippen LogP contribution in [0.2, 0.25) is 10.0 Å². The number of fused-ring (bicyclic) bond motifs is 4. The number of hydrogen-bond donors (Lipinski definition) is 3. The largest absolute Gasteiger partial charge is 0.508 e. The van der Waals surface area contributed by atoms with E-state index in [9.17, 15) is 37.8 Å². The van der Waals surface area contributed by atoms with Crippen LogP contribution in [0, 0.1) is 23.7 Å². The van der Waals surface area contributed by atoms with Gasteiger partial charge in [0.15, 0.2) is 5.82 Å². The zero-order chi connectivity index (χ0) is 41.1. The van der Waals surface area contributed by atoms with Crippen LogP contribution in [0.25, 0.3) is 0 Å². The number of amides is 4. The third-order valence-corrected chi connectivity index (χ3v) is 12.3. The molecule has 3 fully saturated rings. The molecule has 58 heavy (non-hydrogen) atoms. The molecule has 3 aromatic carbocycles. The van der Waals surface area contributed by atoms with Crippen molar-refractivity contribution >= 4 is 52.6 Å². The maximum atomic E-state index is 15.4. The summed E-state index contributed by atoms with van der Waals surface area (Å²) in [7, 11) is 0. The zero-order valence-corrected chi connectivity index (χ0v) is 32.0. The maximum absolute atomic E-state index is 15.4. The number of imide groups is 2. The second-order valence-corrected chi connectivity index (χ2v) is 15.6. The van der Waals surface area contributed by atoms with Crippen LogP contribution in [0.1, 0.15) is 41.0 Å². The number of pyridine rings is 1. The summed E-state index contributed by atoms with van der Waals surface area (Å²) in [5, 5.41) is 20.1. The van der Waals surface area contributed by atoms with Crippen LogP contribution in [0.5, 0.6) is 11.5 Å². The van der Waals surface area contributed by atoms with Crippen LogP contribution in [0.3, 0.4) is 0 Å². The van der Waals surface area contributed by atoms with Crippen LogP contribution in [-0.2, 0) is 37.2 Å². The number of nitrogens with one attached hydrogen (secondary N) is 1. The van der Waals surface area contributed by atoms with E-state index in [0.717, 1.165) is 10.6 Å². The van der Waals surface area contributed by atoms with Gasteiger partial charge in [0.25, 0.3) is 11.8 Å². The van der Waals surface area contributed by atoms with Gasteiger partial charge in [0, 0.05) is 29.2 Å². The number of phenolic OH excluding ortho intramolecular Hbond substituents is 1. The van der Waals surface area contributed by atoms with E-state index < -0.39 is 69.5 Å². The lowest BCUT2D eigenvalue weighted by Crippen LogP contribution is -2.53. The van der Waals surface area contributed by atoms with Crippen molar-refractivity contribution < 1.29 is 47.3 Å². The second-order valence-electron chi connectivity index (χ2n) is 14.8. The smallest absolute Gasteiger partial charge is 0.417 e. The van der Waals surface area contributed by atoms with E-state index in [2.05, 4.69) is 10.4 Å². The molecule has 4 amide bonds. The number of phenols is 1. The number of benzene rings is 3. The highest BCUT2D eigenvalue weighted by molar-refractivity contribution is 6.33. The van der Waals surface area contributed by atoms with Crippen LogP contribution in [0.15, 0.2) is 96.7 Å². The van der Waals surface area contributed by atoms with Crippen molar-refractivity contribution in [1.29, 1.82) is 0 Å². The Labute approximate surface area is 340 Å². The molecule has 0 unspecified atom stereocenters. The molecule has 11 nitrogen and oxygen atoms in total. The number of halogens is 5. The molecular weight excluding hydrogens is 800 g/mol. The molecule has 0 radical (unpaired) electrons. The normalized spacial score (nSPS) is 25.3. The summed E-state index contributed by atoms with van der Waals surface area (Å²) >= 11 is 12.6. The number of carbonyl (C=O) groups is 4. The standard InChI is InChI=1S/C42H35Cl2F3N4O7/c43-25-9-7-23(8-10-25)41-31(38(55)51(40(41)57)49-36-32(44)19-24(21-48-36)42(45,46)47)20-30-27(35(41)28-3-1-2-4-33(28)58-18-17-52)13-14-29-34(30)39(56)50(37(29)54)16-15-22-5-11-26(53)12-6-22/h1-13,19,21,29-31,34-35,52-53H,14-18,20H2,(H,48,49)/t29-,30+,31-,34-,35+,41+/m0/s1. The van der Waals surface area contributed by atoms with Gasteiger partial charge in [-0.2, -0.15) is 18.2 Å². The van der Waals surface area contributed by atoms with Crippen LogP contribution in [0.4, 0.5) is 19.0 Å². The van der Waals surface area contributed by atoms with Gasteiger partial charge in [0.05, 0.1) is 40.4 Å². The number of aliphatic hydroxyl groups excluding tert-OH is 1. The van der Waals surface area contributed by atoms with E-state index in [4.69, 9.17) is 27.9 Å². The molecule has 4 aliphatic rings. The number of para-hydroxylation sites is 1. The topological polar surface area (TPSA) is 149 Å². The zero-order valence-electron chi connectivity index (χ0n) is 30.5. The number of hydrogen-bond acceptors (Lipinski definition) is 9. The van der Waals surface area contributed by atoms with Gasteiger partial charge in [0.1, 0.15) is 18.1 Å². The average molecular weight is 836 g/mol. The third kappa shape index (κ3) is 6.47. The molecule has 2 aliphatic carbocycles. The molecule has 4 aromatic rings. The summed E-state index contributed by atoms with van der Waals surface area (Å²) in [5.41, 5.74) is 2.05. The molecule has 6 atom stereocenters. The highest BCUT2D eigenvalue weighted by Crippen LogP contribution is 2.65. The highest BCUT2D eigenvalue weighted by Gasteiger charge is 2.70. The number of allylic oxidation sites excluding steroid dienone is 2. The Bertz CT molecular complexity index is 2340. The fraction of sp³-hybridized carbons (Fsp3) is 0.310. The molecular formula is C42H35Cl2F3N4O7. The molecule has 0 bridgehead atoms. The number of aliphatic hydroxyl groups is 1. The van der Waals surface area contributed by atoms with Crippen molar-refractivity contribution in [2.75, 3.05) is 25.2 Å². The monoisotopic (exact) mass is 834 g/mol. The van der Waals surface area contributed by atoms with E-state index >= 15 is 4.79 Å². The van der Waals surface area contributed by atoms with Gasteiger partial charge < -0.3 is 14.9 Å². The number of aromatic nitrogens is 1. The van der Waals surface area contributed by atoms with Crippen molar-refractivity contribution in [2.45, 2.75) is 36.8 Å². The fourth-order valence-electron chi connectivity index (χ4n) is 9.32. The first-order valence-corrected chi connectivity index (χ1v) is 19.3. The fourth-order valence-corrected chi connectivity index (χ4v) is 9.66. The number of rotatable bonds is 10. The second kappa shape index (κ2) is 15.1. The lowest BCUT2D eigenvalue weighted by atomic mass is 9.49. The van der Waals surface area contributed by atoms with Crippen molar-refractivity contribution in [3.63, 3.8) is 0 Å². The number of ether oxygens (including phenoxy) is 1. The number of nitrogens with zero attached hydrogens (tertiary/aromatic N) is 3. The summed E-state index contributed by atoms with van der Waals surface area (Å²) in [6.45, 7) is -0.339. The number of aromatic hydroxyl groups is 1. The lowest BCUT2D eigenvalue weighted by Gasteiger charge is -2.50. The summed E-state index contributed by atoms with van der Waals surface area (Å²) in [6, 6.07) is 20.4. The summed E-state index contributed by atoms with van der Waals surface area (Å²) < 4.78 is 46.6. The molecule has 2 aliphatic heterocycles. The number of carbonyl (C=O) groups excluding carboxylic acids is 4. The Kier molecular flexibility index (Phi) is 10.2. The molecule has 1 saturated carbocycles. The Morgan fingerprint density at radius 1 is 0.931 bits per heavy atom. The highest BCUT2D eigenvalue weighted by atomic mass is 35.5. The predicted molar refractivity (Wildman–Crippen MR) is 204 cm³/mol. The Hall–Kier alpha value is -5.44. The lowest BCUT2D eigenvalue weighted by molar-refractivity contribution is -0.141. The van der Waals surface area contributed by atoms with Crippen molar-refractivity contribution in [2.24, 2.45) is 23.7 Å². The SMILES string of the molecule is O=C1[C@H]2[C@H](CC=C3[C@H]2C[C@H]2C(=O)N(Nc4ncc(C(F)(F)F)cc4Cl)C(=O)[C@@]2(c2ccc(Cl)cc2)[C@H]3c2ccccc2OCCO)C(=O)N1CCc1ccc(O)cc1. The Morgan fingerprint density at radius 3 is 2.34 bits per heavy atom. The Morgan fingerprint density at radius 2 is 1.66 bits per heavy atom. The molecule has 8 rings (SSSR count). The van der Waals surface area contributed by atoms with Crippen LogP contribution >= 0.6 is 23.2 Å². The summed E-state index contributed by atoms with van der Waals surface area (Å²) in [5.74, 6) is -6.77. The van der Waals surface area contributed by atoms with Gasteiger partial charge >= 0.3 is 6.18 Å². The number of anilines is 1. The predicted octanol–water partition coefficient (Wildman–Crippen LogP) is 6.71. The van der Waals surface area contributed by atoms with Crippen LogP contribution in [-0.4, -0.2) is 68.5 Å². The van der Waals surface area contributed by atoms with Crippen LogP contribution < -0.4 is 10.2 Å². The molecule has 2 saturated heterocycles. The Balaban J connectivity index is 1.27. The van der Waals surface area contributed by atoms with E-state index in [1.165, 1.54) is 17.0 Å². The summed E-state index contributed by atoms with van der Waals surface area (Å²) in [4.78, 5) is 63.9. The molecule has 16 heteroatoms. The number of alkyl halides is 3. The molecule has 1 aromatic heterocycles. The van der Waals surface area contributed by atoms with E-state index in [-0.39, 0.29) is 50.1 Å². The molecule has 300 valence electrons. The molecule has 3 heterocycles. The number of hydrazine groups is 1. The average Bonchev–Trinajstić information content (AvgIpc) is 3.57. The first-order valence-electron chi connectivity index (χ1n) is 18.5. The first kappa shape index (κ1) is 39.4. The van der Waals surface area contributed by atoms with Gasteiger partial charge in [-0.1, -0.05) is 77.3 Å². The van der Waals surface area contributed by atoms with E-state index in [0.29, 0.717) is 46.2 Å². The molecule has 3 N–H and O–H groups in total. The maximum Gasteiger partial charge on any atom is 0.417 e. The van der Waals surface area contributed by atoms with Gasteiger partial charge in [-0.05, 0) is 72.7 Å². The van der Waals surface area contributed by atoms with Crippen molar-refractivity contribution in [1.82, 2.24) is 14.9 Å². The minimum atomic E-state index is -4.76. The van der Waals surface area contributed by atoms with Gasteiger partial charge in [0.2, 0.25) is 11.8 Å². The van der Waals surface area contributed by atoms with Crippen molar-refractivity contribution in [3.05, 3.63) is 129 Å².